The van der Waals surface area contributed by atoms with Gasteiger partial charge in [-0.25, -0.2) is 9.67 Å². The Kier molecular flexibility index (Phi) is 5.47. The molecule has 1 atom stereocenters. The number of nitro benzene ring substituents is 1. The van der Waals surface area contributed by atoms with Crippen LogP contribution >= 0.6 is 12.4 Å². The summed E-state index contributed by atoms with van der Waals surface area (Å²) >= 11 is 0. The van der Waals surface area contributed by atoms with Crippen molar-refractivity contribution in [2.24, 2.45) is 0 Å². The fourth-order valence-corrected chi connectivity index (χ4v) is 2.64. The maximum atomic E-state index is 12.6. The molecule has 0 aliphatic carbocycles. The summed E-state index contributed by atoms with van der Waals surface area (Å²) in [5.74, 6) is -0.202. The average molecular weight is 353 g/mol. The highest BCUT2D eigenvalue weighted by Crippen LogP contribution is 2.24. The lowest BCUT2D eigenvalue weighted by molar-refractivity contribution is -0.384. The summed E-state index contributed by atoms with van der Waals surface area (Å²) < 4.78 is 1.31. The Morgan fingerprint density at radius 2 is 2.25 bits per heavy atom. The van der Waals surface area contributed by atoms with Crippen molar-refractivity contribution in [3.63, 3.8) is 0 Å². The topological polar surface area (TPSA) is 106 Å². The minimum Gasteiger partial charge on any atom is -0.333 e. The zero-order chi connectivity index (χ0) is 16.4. The normalized spacial score (nSPS) is 17.2. The molecule has 24 heavy (non-hydrogen) atoms. The molecule has 10 heteroatoms. The number of amides is 1. The van der Waals surface area contributed by atoms with Gasteiger partial charge in [-0.3, -0.25) is 14.9 Å². The molecule has 1 aliphatic rings. The number of carbonyl (C=O) groups excluding carboxylic acids is 1. The molecule has 0 spiro atoms. The van der Waals surface area contributed by atoms with Gasteiger partial charge < -0.3 is 10.2 Å². The van der Waals surface area contributed by atoms with Crippen LogP contribution in [0.5, 0.6) is 0 Å². The molecule has 9 nitrogen and oxygen atoms in total. The molecule has 0 radical (unpaired) electrons. The largest absolute Gasteiger partial charge is 0.333 e. The molecule has 1 aliphatic heterocycles. The fraction of sp³-hybridized carbons (Fsp3) is 0.357. The average Bonchev–Trinajstić information content (AvgIpc) is 3.08. The summed E-state index contributed by atoms with van der Waals surface area (Å²) in [5, 5.41) is 18.5. The lowest BCUT2D eigenvalue weighted by Gasteiger charge is -2.34. The van der Waals surface area contributed by atoms with Gasteiger partial charge in [0.25, 0.3) is 11.6 Å². The first-order valence-corrected chi connectivity index (χ1v) is 7.23. The highest BCUT2D eigenvalue weighted by atomic mass is 35.5. The molecule has 0 unspecified atom stereocenters. The number of halogens is 1. The molecular formula is C14H17ClN6O3. The summed E-state index contributed by atoms with van der Waals surface area (Å²) in [6.45, 7) is 3.96. The lowest BCUT2D eigenvalue weighted by atomic mass is 10.1. The van der Waals surface area contributed by atoms with E-state index >= 15 is 0 Å². The van der Waals surface area contributed by atoms with Crippen LogP contribution in [0.3, 0.4) is 0 Å². The first-order valence-electron chi connectivity index (χ1n) is 7.23. The molecule has 1 aromatic carbocycles. The van der Waals surface area contributed by atoms with Crippen LogP contribution in [0.4, 0.5) is 5.69 Å². The molecule has 128 valence electrons. The van der Waals surface area contributed by atoms with Gasteiger partial charge in [-0.05, 0) is 19.1 Å². The Labute approximate surface area is 144 Å². The zero-order valence-corrected chi connectivity index (χ0v) is 13.8. The maximum Gasteiger partial charge on any atom is 0.295 e. The molecule has 0 saturated carbocycles. The van der Waals surface area contributed by atoms with E-state index in [0.717, 1.165) is 6.54 Å². The van der Waals surface area contributed by atoms with Crippen molar-refractivity contribution in [3.8, 4) is 5.69 Å². The number of benzene rings is 1. The highest BCUT2D eigenvalue weighted by Gasteiger charge is 2.26. The number of nitrogens with zero attached hydrogens (tertiary/aromatic N) is 5. The number of nitrogens with one attached hydrogen (secondary N) is 1. The van der Waals surface area contributed by atoms with Crippen LogP contribution in [0.15, 0.2) is 30.9 Å². The molecule has 1 amide bonds. The van der Waals surface area contributed by atoms with Gasteiger partial charge in [-0.15, -0.1) is 12.4 Å². The van der Waals surface area contributed by atoms with Crippen molar-refractivity contribution in [1.82, 2.24) is 25.0 Å². The molecular weight excluding hydrogens is 336 g/mol. The number of rotatable bonds is 3. The van der Waals surface area contributed by atoms with Gasteiger partial charge in [0.15, 0.2) is 0 Å². The Bertz CT molecular complexity index is 736. The molecule has 2 aromatic rings. The van der Waals surface area contributed by atoms with Gasteiger partial charge in [0.2, 0.25) is 0 Å². The summed E-state index contributed by atoms with van der Waals surface area (Å²) in [5.41, 5.74) is 0.399. The predicted octanol–water partition coefficient (Wildman–Crippen LogP) is 1.03. The minimum atomic E-state index is -0.519. The first kappa shape index (κ1) is 17.8. The van der Waals surface area contributed by atoms with Gasteiger partial charge in [0.1, 0.15) is 18.3 Å². The second-order valence-corrected chi connectivity index (χ2v) is 5.35. The minimum absolute atomic E-state index is 0. The van der Waals surface area contributed by atoms with E-state index in [4.69, 9.17) is 0 Å². The van der Waals surface area contributed by atoms with Crippen LogP contribution in [0, 0.1) is 10.1 Å². The van der Waals surface area contributed by atoms with Crippen LogP contribution in [-0.2, 0) is 0 Å². The summed E-state index contributed by atoms with van der Waals surface area (Å²) in [4.78, 5) is 29.0. The third kappa shape index (κ3) is 3.36. The van der Waals surface area contributed by atoms with Crippen molar-refractivity contribution in [2.45, 2.75) is 13.0 Å². The second kappa shape index (κ2) is 7.37. The van der Waals surface area contributed by atoms with Crippen molar-refractivity contribution < 1.29 is 9.72 Å². The zero-order valence-electron chi connectivity index (χ0n) is 13.0. The van der Waals surface area contributed by atoms with Crippen LogP contribution < -0.4 is 5.32 Å². The standard InChI is InChI=1S/C14H16N6O3.ClH/c1-10-7-15-4-5-18(10)14(21)11-2-3-12(13(6-11)20(22)23)19-9-16-8-17-19;/h2-3,6,8-10,15H,4-5,7H2,1H3;1H/t10-;/m0./s1. The summed E-state index contributed by atoms with van der Waals surface area (Å²) in [6.07, 6.45) is 2.67. The summed E-state index contributed by atoms with van der Waals surface area (Å²) in [7, 11) is 0. The van der Waals surface area contributed by atoms with E-state index < -0.39 is 4.92 Å². The third-order valence-corrected chi connectivity index (χ3v) is 3.85. The van der Waals surface area contributed by atoms with Gasteiger partial charge >= 0.3 is 0 Å². The monoisotopic (exact) mass is 352 g/mol. The molecule has 1 fully saturated rings. The number of hydrogen-bond acceptors (Lipinski definition) is 6. The fourth-order valence-electron chi connectivity index (χ4n) is 2.64. The second-order valence-electron chi connectivity index (χ2n) is 5.35. The third-order valence-electron chi connectivity index (χ3n) is 3.85. The Hall–Kier alpha value is -2.52. The molecule has 1 aromatic heterocycles. The number of aromatic nitrogens is 3. The number of carbonyl (C=O) groups is 1. The first-order chi connectivity index (χ1) is 11.1. The SMILES string of the molecule is C[C@H]1CNCCN1C(=O)c1ccc(-n2cncn2)c([N+](=O)[O-])c1.Cl. The molecule has 3 rings (SSSR count). The maximum absolute atomic E-state index is 12.6. The van der Waals surface area contributed by atoms with E-state index in [1.807, 2.05) is 6.92 Å². The van der Waals surface area contributed by atoms with Crippen molar-refractivity contribution >= 4 is 24.0 Å². The number of nitro groups is 1. The smallest absolute Gasteiger partial charge is 0.295 e. The Balaban J connectivity index is 0.00000208. The van der Waals surface area contributed by atoms with Crippen LogP contribution in [0.2, 0.25) is 0 Å². The molecule has 2 heterocycles. The van der Waals surface area contributed by atoms with Crippen LogP contribution in [0.25, 0.3) is 5.69 Å². The summed E-state index contributed by atoms with van der Waals surface area (Å²) in [6, 6.07) is 4.45. The van der Waals surface area contributed by atoms with Gasteiger partial charge in [-0.2, -0.15) is 5.10 Å². The van der Waals surface area contributed by atoms with E-state index in [0.29, 0.717) is 18.7 Å². The van der Waals surface area contributed by atoms with E-state index in [-0.39, 0.29) is 35.7 Å². The molecule has 1 saturated heterocycles. The van der Waals surface area contributed by atoms with Crippen LogP contribution in [-0.4, -0.2) is 56.2 Å². The van der Waals surface area contributed by atoms with E-state index in [1.54, 1.807) is 11.0 Å². The van der Waals surface area contributed by atoms with Gasteiger partial charge in [0.05, 0.1) is 4.92 Å². The molecule has 0 bridgehead atoms. The number of piperazine rings is 1. The Morgan fingerprint density at radius 3 is 2.88 bits per heavy atom. The molecule has 1 N–H and O–H groups in total. The Morgan fingerprint density at radius 1 is 1.46 bits per heavy atom. The predicted molar refractivity (Wildman–Crippen MR) is 88.6 cm³/mol. The van der Waals surface area contributed by atoms with E-state index in [9.17, 15) is 14.9 Å². The quantitative estimate of drug-likeness (QED) is 0.653. The lowest BCUT2D eigenvalue weighted by Crippen LogP contribution is -2.52. The van der Waals surface area contributed by atoms with Crippen molar-refractivity contribution in [2.75, 3.05) is 19.6 Å². The highest BCUT2D eigenvalue weighted by molar-refractivity contribution is 5.95. The van der Waals surface area contributed by atoms with Crippen molar-refractivity contribution in [1.29, 1.82) is 0 Å². The van der Waals surface area contributed by atoms with Gasteiger partial charge in [0, 0.05) is 37.3 Å². The van der Waals surface area contributed by atoms with Crippen molar-refractivity contribution in [3.05, 3.63) is 46.5 Å². The van der Waals surface area contributed by atoms with Crippen LogP contribution in [0.1, 0.15) is 17.3 Å². The van der Waals surface area contributed by atoms with E-state index in [1.165, 1.54) is 29.5 Å². The van der Waals surface area contributed by atoms with Gasteiger partial charge in [-0.1, -0.05) is 0 Å². The van der Waals surface area contributed by atoms with E-state index in [2.05, 4.69) is 15.4 Å². The number of hydrogen-bond donors (Lipinski definition) is 1.